The van der Waals surface area contributed by atoms with Gasteiger partial charge in [-0.2, -0.15) is 0 Å². The Balaban J connectivity index is 3.04. The molecule has 5 heteroatoms. The van der Waals surface area contributed by atoms with E-state index in [1.165, 1.54) is 14.2 Å². The summed E-state index contributed by atoms with van der Waals surface area (Å²) in [6.07, 6.45) is 0. The maximum atomic E-state index is 12.3. The van der Waals surface area contributed by atoms with E-state index in [0.717, 1.165) is 0 Å². The number of ether oxygens (including phenoxy) is 2. The van der Waals surface area contributed by atoms with Crippen LogP contribution in [0.3, 0.4) is 0 Å². The number of carbonyl (C=O) groups is 1. The van der Waals surface area contributed by atoms with Crippen molar-refractivity contribution in [3.8, 4) is 11.5 Å². The highest BCUT2D eigenvalue weighted by Crippen LogP contribution is 2.28. The average molecular weight is 286 g/mol. The van der Waals surface area contributed by atoms with Crippen LogP contribution in [0.5, 0.6) is 11.5 Å². The summed E-state index contributed by atoms with van der Waals surface area (Å²) in [7, 11) is 3.04. The molecule has 19 heavy (non-hydrogen) atoms. The highest BCUT2D eigenvalue weighted by molar-refractivity contribution is 6.18. The minimum absolute atomic E-state index is 0.0937. The van der Waals surface area contributed by atoms with Crippen molar-refractivity contribution in [1.82, 2.24) is 5.32 Å². The molecule has 0 saturated heterocycles. The Morgan fingerprint density at radius 1 is 1.26 bits per heavy atom. The normalized spacial score (nSPS) is 12.1. The molecule has 0 aliphatic rings. The summed E-state index contributed by atoms with van der Waals surface area (Å²) >= 11 is 5.86. The maximum absolute atomic E-state index is 12.3. The lowest BCUT2D eigenvalue weighted by molar-refractivity contribution is 0.0925. The van der Waals surface area contributed by atoms with Gasteiger partial charge in [0.1, 0.15) is 17.1 Å². The topological polar surface area (TPSA) is 47.6 Å². The Morgan fingerprint density at radius 2 is 1.79 bits per heavy atom. The molecule has 1 N–H and O–H groups in total. The number of alkyl halides is 1. The van der Waals surface area contributed by atoms with Crippen molar-refractivity contribution < 1.29 is 14.3 Å². The predicted octanol–water partition coefficient (Wildman–Crippen LogP) is 2.70. The molecule has 0 aliphatic carbocycles. The first-order chi connectivity index (χ1) is 9.04. The first kappa shape index (κ1) is 15.6. The standard InChI is InChI=1S/C14H20ClNO3/c1-9(2)10(8-15)16-14(17)13-11(18-3)6-5-7-12(13)19-4/h5-7,9-10H,8H2,1-4H3,(H,16,17). The number of halogens is 1. The quantitative estimate of drug-likeness (QED) is 0.818. The van der Waals surface area contributed by atoms with Crippen molar-refractivity contribution in [3.63, 3.8) is 0 Å². The number of benzene rings is 1. The van der Waals surface area contributed by atoms with Crippen LogP contribution in [0.25, 0.3) is 0 Å². The van der Waals surface area contributed by atoms with Gasteiger partial charge < -0.3 is 14.8 Å². The minimum Gasteiger partial charge on any atom is -0.496 e. The third kappa shape index (κ3) is 3.77. The number of hydrogen-bond donors (Lipinski definition) is 1. The summed E-state index contributed by atoms with van der Waals surface area (Å²) in [5.41, 5.74) is 0.392. The van der Waals surface area contributed by atoms with E-state index in [0.29, 0.717) is 22.9 Å². The van der Waals surface area contributed by atoms with Gasteiger partial charge in [-0.15, -0.1) is 11.6 Å². The summed E-state index contributed by atoms with van der Waals surface area (Å²) in [6, 6.07) is 5.13. The molecule has 1 atom stereocenters. The minimum atomic E-state index is -0.242. The van der Waals surface area contributed by atoms with Crippen molar-refractivity contribution >= 4 is 17.5 Å². The second kappa shape index (κ2) is 7.24. The Morgan fingerprint density at radius 3 is 2.16 bits per heavy atom. The van der Waals surface area contributed by atoms with Crippen LogP contribution in [0.15, 0.2) is 18.2 Å². The summed E-state index contributed by atoms with van der Waals surface area (Å²) < 4.78 is 10.4. The summed E-state index contributed by atoms with van der Waals surface area (Å²) in [5.74, 6) is 1.33. The lowest BCUT2D eigenvalue weighted by atomic mass is 10.1. The molecule has 1 aromatic rings. The second-order valence-electron chi connectivity index (χ2n) is 4.52. The van der Waals surface area contributed by atoms with Crippen LogP contribution in [-0.4, -0.2) is 32.0 Å². The highest BCUT2D eigenvalue weighted by Gasteiger charge is 2.22. The van der Waals surface area contributed by atoms with Crippen LogP contribution in [0.4, 0.5) is 0 Å². The zero-order chi connectivity index (χ0) is 14.4. The van der Waals surface area contributed by atoms with Crippen molar-refractivity contribution in [2.75, 3.05) is 20.1 Å². The molecule has 0 heterocycles. The molecule has 1 amide bonds. The molecule has 0 fully saturated rings. The van der Waals surface area contributed by atoms with Gasteiger partial charge in [-0.25, -0.2) is 0 Å². The average Bonchev–Trinajstić information content (AvgIpc) is 2.42. The third-order valence-corrected chi connectivity index (χ3v) is 3.27. The van der Waals surface area contributed by atoms with Crippen molar-refractivity contribution in [1.29, 1.82) is 0 Å². The van der Waals surface area contributed by atoms with Crippen molar-refractivity contribution in [3.05, 3.63) is 23.8 Å². The monoisotopic (exact) mass is 285 g/mol. The van der Waals surface area contributed by atoms with Crippen LogP contribution in [0.2, 0.25) is 0 Å². The Hall–Kier alpha value is -1.42. The fourth-order valence-electron chi connectivity index (χ4n) is 1.70. The SMILES string of the molecule is COc1cccc(OC)c1C(=O)NC(CCl)C(C)C. The van der Waals surface area contributed by atoms with E-state index >= 15 is 0 Å². The van der Waals surface area contributed by atoms with E-state index in [-0.39, 0.29) is 17.9 Å². The summed E-state index contributed by atoms with van der Waals surface area (Å²) in [6.45, 7) is 4.01. The maximum Gasteiger partial charge on any atom is 0.259 e. The summed E-state index contributed by atoms with van der Waals surface area (Å²) in [4.78, 5) is 12.3. The fourth-order valence-corrected chi connectivity index (χ4v) is 2.13. The Labute approximate surface area is 119 Å². The van der Waals surface area contributed by atoms with Gasteiger partial charge in [0.05, 0.1) is 14.2 Å². The first-order valence-electron chi connectivity index (χ1n) is 6.13. The highest BCUT2D eigenvalue weighted by atomic mass is 35.5. The molecular formula is C14H20ClNO3. The molecule has 1 unspecified atom stereocenters. The molecule has 1 aromatic carbocycles. The molecule has 0 bridgehead atoms. The molecule has 1 rings (SSSR count). The van der Waals surface area contributed by atoms with Gasteiger partial charge in [-0.3, -0.25) is 4.79 Å². The predicted molar refractivity (Wildman–Crippen MR) is 76.4 cm³/mol. The molecule has 0 radical (unpaired) electrons. The van der Waals surface area contributed by atoms with Gasteiger partial charge in [-0.1, -0.05) is 19.9 Å². The first-order valence-corrected chi connectivity index (χ1v) is 6.66. The third-order valence-electron chi connectivity index (χ3n) is 2.94. The van der Waals surface area contributed by atoms with E-state index in [1.807, 2.05) is 13.8 Å². The zero-order valence-corrected chi connectivity index (χ0v) is 12.5. The van der Waals surface area contributed by atoms with Gasteiger partial charge in [-0.05, 0) is 18.1 Å². The zero-order valence-electron chi connectivity index (χ0n) is 11.7. The van der Waals surface area contributed by atoms with Crippen LogP contribution < -0.4 is 14.8 Å². The van der Waals surface area contributed by atoms with Gasteiger partial charge in [0.15, 0.2) is 0 Å². The molecule has 106 valence electrons. The number of hydrogen-bond acceptors (Lipinski definition) is 3. The van der Waals surface area contributed by atoms with Gasteiger partial charge in [0, 0.05) is 11.9 Å². The molecule has 0 spiro atoms. The Bertz CT molecular complexity index is 412. The van der Waals surface area contributed by atoms with Gasteiger partial charge in [0.25, 0.3) is 5.91 Å². The number of rotatable bonds is 6. The fraction of sp³-hybridized carbons (Fsp3) is 0.500. The molecule has 4 nitrogen and oxygen atoms in total. The lowest BCUT2D eigenvalue weighted by Gasteiger charge is -2.21. The molecule has 0 aliphatic heterocycles. The van der Waals surface area contributed by atoms with E-state index in [4.69, 9.17) is 21.1 Å². The number of carbonyl (C=O) groups excluding carboxylic acids is 1. The van der Waals surface area contributed by atoms with Crippen LogP contribution in [0.1, 0.15) is 24.2 Å². The lowest BCUT2D eigenvalue weighted by Crippen LogP contribution is -2.40. The number of nitrogens with one attached hydrogen (secondary N) is 1. The van der Waals surface area contributed by atoms with Crippen LogP contribution >= 0.6 is 11.6 Å². The van der Waals surface area contributed by atoms with Crippen LogP contribution in [-0.2, 0) is 0 Å². The molecular weight excluding hydrogens is 266 g/mol. The van der Waals surface area contributed by atoms with Crippen LogP contribution in [0, 0.1) is 5.92 Å². The van der Waals surface area contributed by atoms with E-state index in [1.54, 1.807) is 18.2 Å². The molecule has 0 aromatic heterocycles. The second-order valence-corrected chi connectivity index (χ2v) is 4.82. The van der Waals surface area contributed by atoms with Crippen molar-refractivity contribution in [2.45, 2.75) is 19.9 Å². The van der Waals surface area contributed by atoms with E-state index < -0.39 is 0 Å². The van der Waals surface area contributed by atoms with E-state index in [9.17, 15) is 4.79 Å². The molecule has 0 saturated carbocycles. The number of amides is 1. The smallest absolute Gasteiger partial charge is 0.259 e. The summed E-state index contributed by atoms with van der Waals surface area (Å²) in [5, 5.41) is 2.90. The van der Waals surface area contributed by atoms with Crippen molar-refractivity contribution in [2.24, 2.45) is 5.92 Å². The van der Waals surface area contributed by atoms with E-state index in [2.05, 4.69) is 5.32 Å². The number of methoxy groups -OCH3 is 2. The van der Waals surface area contributed by atoms with Gasteiger partial charge in [0.2, 0.25) is 0 Å². The largest absolute Gasteiger partial charge is 0.496 e. The van der Waals surface area contributed by atoms with Gasteiger partial charge >= 0.3 is 0 Å². The Kier molecular flexibility index (Phi) is 5.96.